The van der Waals surface area contributed by atoms with Crippen LogP contribution in [0.3, 0.4) is 0 Å². The molecule has 0 atom stereocenters. The van der Waals surface area contributed by atoms with Gasteiger partial charge in [0.2, 0.25) is 0 Å². The van der Waals surface area contributed by atoms with E-state index in [0.717, 1.165) is 24.2 Å². The first-order valence-electron chi connectivity index (χ1n) is 9.36. The van der Waals surface area contributed by atoms with Crippen molar-refractivity contribution < 1.29 is 9.59 Å². The van der Waals surface area contributed by atoms with Crippen molar-refractivity contribution in [1.82, 2.24) is 4.98 Å². The second-order valence-corrected chi connectivity index (χ2v) is 6.88. The van der Waals surface area contributed by atoms with Gasteiger partial charge in [0.1, 0.15) is 5.82 Å². The highest BCUT2D eigenvalue weighted by Crippen LogP contribution is 2.28. The maximum Gasteiger partial charge on any atom is 0.259 e. The molecule has 28 heavy (non-hydrogen) atoms. The molecule has 0 bridgehead atoms. The van der Waals surface area contributed by atoms with Crippen LogP contribution in [0.4, 0.5) is 17.2 Å². The Kier molecular flexibility index (Phi) is 4.89. The van der Waals surface area contributed by atoms with Crippen molar-refractivity contribution in [3.8, 4) is 0 Å². The molecule has 5 nitrogen and oxygen atoms in total. The van der Waals surface area contributed by atoms with Crippen molar-refractivity contribution >= 4 is 28.9 Å². The van der Waals surface area contributed by atoms with E-state index in [9.17, 15) is 9.59 Å². The van der Waals surface area contributed by atoms with Gasteiger partial charge in [-0.15, -0.1) is 0 Å². The van der Waals surface area contributed by atoms with Crippen LogP contribution in [0.25, 0.3) is 0 Å². The molecule has 1 N–H and O–H groups in total. The summed E-state index contributed by atoms with van der Waals surface area (Å²) in [6, 6.07) is 18.9. The Morgan fingerprint density at radius 1 is 1.00 bits per heavy atom. The smallest absolute Gasteiger partial charge is 0.259 e. The van der Waals surface area contributed by atoms with E-state index in [2.05, 4.69) is 16.4 Å². The number of fused-ring (bicyclic) bond motifs is 1. The predicted molar refractivity (Wildman–Crippen MR) is 110 cm³/mol. The summed E-state index contributed by atoms with van der Waals surface area (Å²) in [6.07, 6.45) is 3.55. The molecule has 0 aliphatic carbocycles. The lowest BCUT2D eigenvalue weighted by molar-refractivity contribution is 0.0982. The van der Waals surface area contributed by atoms with Crippen molar-refractivity contribution in [3.63, 3.8) is 0 Å². The molecule has 140 valence electrons. The lowest BCUT2D eigenvalue weighted by Crippen LogP contribution is -2.35. The third-order valence-corrected chi connectivity index (χ3v) is 4.91. The van der Waals surface area contributed by atoms with Crippen LogP contribution in [0.5, 0.6) is 0 Å². The standard InChI is InChI=1S/C23H21N3O2/c1-16(27)18-7-4-9-20(14-18)25-22-12-11-19(15-24-22)23(28)26-13-5-8-17-6-2-3-10-21(17)26/h2-4,6-7,9-12,14-15H,5,8,13H2,1H3,(H,24,25). The first-order chi connectivity index (χ1) is 13.6. The average molecular weight is 371 g/mol. The Hall–Kier alpha value is -3.47. The second kappa shape index (κ2) is 7.64. The van der Waals surface area contributed by atoms with Gasteiger partial charge in [0.15, 0.2) is 5.78 Å². The van der Waals surface area contributed by atoms with Crippen LogP contribution in [0.15, 0.2) is 66.9 Å². The van der Waals surface area contributed by atoms with Gasteiger partial charge in [-0.3, -0.25) is 9.59 Å². The number of anilines is 3. The van der Waals surface area contributed by atoms with Crippen LogP contribution in [0.1, 0.15) is 39.6 Å². The summed E-state index contributed by atoms with van der Waals surface area (Å²) < 4.78 is 0. The Morgan fingerprint density at radius 2 is 1.86 bits per heavy atom. The summed E-state index contributed by atoms with van der Waals surface area (Å²) in [5.41, 5.74) is 4.17. The molecule has 0 saturated carbocycles. The maximum absolute atomic E-state index is 13.0. The third kappa shape index (κ3) is 3.64. The highest BCUT2D eigenvalue weighted by molar-refractivity contribution is 6.06. The number of para-hydroxylation sites is 1. The van der Waals surface area contributed by atoms with Crippen molar-refractivity contribution in [2.45, 2.75) is 19.8 Å². The minimum atomic E-state index is -0.0372. The number of nitrogens with one attached hydrogen (secondary N) is 1. The summed E-state index contributed by atoms with van der Waals surface area (Å²) in [6.45, 7) is 2.25. The van der Waals surface area contributed by atoms with Gasteiger partial charge >= 0.3 is 0 Å². The zero-order chi connectivity index (χ0) is 19.5. The second-order valence-electron chi connectivity index (χ2n) is 6.88. The number of aromatic nitrogens is 1. The van der Waals surface area contributed by atoms with Crippen LogP contribution in [-0.4, -0.2) is 23.2 Å². The number of Topliss-reactive ketones (excluding diaryl/α,β-unsaturated/α-hetero) is 1. The molecule has 0 radical (unpaired) electrons. The summed E-state index contributed by atoms with van der Waals surface area (Å²) >= 11 is 0. The van der Waals surface area contributed by atoms with E-state index in [4.69, 9.17) is 0 Å². The van der Waals surface area contributed by atoms with Gasteiger partial charge in [0, 0.05) is 29.7 Å². The average Bonchev–Trinajstić information content (AvgIpc) is 2.73. The fraction of sp³-hybridized carbons (Fsp3) is 0.174. The largest absolute Gasteiger partial charge is 0.340 e. The number of amides is 1. The monoisotopic (exact) mass is 371 g/mol. The van der Waals surface area contributed by atoms with E-state index in [1.807, 2.05) is 35.2 Å². The van der Waals surface area contributed by atoms with Crippen molar-refractivity contribution in [2.75, 3.05) is 16.8 Å². The first-order valence-corrected chi connectivity index (χ1v) is 9.36. The van der Waals surface area contributed by atoms with Gasteiger partial charge in [-0.2, -0.15) is 0 Å². The Labute approximate surface area is 164 Å². The molecule has 1 aliphatic heterocycles. The fourth-order valence-corrected chi connectivity index (χ4v) is 3.46. The summed E-state index contributed by atoms with van der Waals surface area (Å²) in [4.78, 5) is 30.7. The minimum absolute atomic E-state index is 0.0133. The highest BCUT2D eigenvalue weighted by atomic mass is 16.2. The molecule has 0 spiro atoms. The number of rotatable bonds is 4. The number of hydrogen-bond acceptors (Lipinski definition) is 4. The Morgan fingerprint density at radius 3 is 2.64 bits per heavy atom. The lowest BCUT2D eigenvalue weighted by atomic mass is 10.0. The topological polar surface area (TPSA) is 62.3 Å². The van der Waals surface area contributed by atoms with Crippen molar-refractivity contribution in [3.05, 3.63) is 83.6 Å². The zero-order valence-corrected chi connectivity index (χ0v) is 15.7. The van der Waals surface area contributed by atoms with Crippen LogP contribution in [0.2, 0.25) is 0 Å². The molecule has 1 aliphatic rings. The molecule has 2 aromatic carbocycles. The number of ketones is 1. The van der Waals surface area contributed by atoms with E-state index in [0.29, 0.717) is 23.5 Å². The summed E-state index contributed by atoms with van der Waals surface area (Å²) in [7, 11) is 0. The molecule has 0 fully saturated rings. The molecule has 0 unspecified atom stereocenters. The van der Waals surface area contributed by atoms with Crippen LogP contribution in [0, 0.1) is 0 Å². The molecular weight excluding hydrogens is 350 g/mol. The SMILES string of the molecule is CC(=O)c1cccc(Nc2ccc(C(=O)N3CCCc4ccccc43)cn2)c1. The number of pyridine rings is 1. The van der Waals surface area contributed by atoms with E-state index >= 15 is 0 Å². The van der Waals surface area contributed by atoms with E-state index in [-0.39, 0.29) is 11.7 Å². The number of carbonyl (C=O) groups excluding carboxylic acids is 2. The van der Waals surface area contributed by atoms with Gasteiger partial charge in [-0.05, 0) is 55.7 Å². The maximum atomic E-state index is 13.0. The quantitative estimate of drug-likeness (QED) is 0.680. The molecule has 1 amide bonds. The number of benzene rings is 2. The van der Waals surface area contributed by atoms with Gasteiger partial charge in [0.25, 0.3) is 5.91 Å². The van der Waals surface area contributed by atoms with Crippen LogP contribution in [-0.2, 0) is 6.42 Å². The van der Waals surface area contributed by atoms with E-state index in [1.165, 1.54) is 12.5 Å². The molecule has 0 saturated heterocycles. The molecule has 5 heteroatoms. The number of aryl methyl sites for hydroxylation is 1. The fourth-order valence-electron chi connectivity index (χ4n) is 3.46. The third-order valence-electron chi connectivity index (χ3n) is 4.91. The number of hydrogen-bond donors (Lipinski definition) is 1. The van der Waals surface area contributed by atoms with Crippen LogP contribution >= 0.6 is 0 Å². The summed E-state index contributed by atoms with van der Waals surface area (Å²) in [5, 5.41) is 3.17. The highest BCUT2D eigenvalue weighted by Gasteiger charge is 2.23. The zero-order valence-electron chi connectivity index (χ0n) is 15.7. The van der Waals surface area contributed by atoms with E-state index in [1.54, 1.807) is 30.5 Å². The summed E-state index contributed by atoms with van der Waals surface area (Å²) in [5.74, 6) is 0.598. The molecule has 1 aromatic heterocycles. The predicted octanol–water partition coefficient (Wildman–Crippen LogP) is 4.62. The molecular formula is C23H21N3O2. The lowest BCUT2D eigenvalue weighted by Gasteiger charge is -2.29. The molecule has 2 heterocycles. The van der Waals surface area contributed by atoms with Crippen molar-refractivity contribution in [2.24, 2.45) is 0 Å². The number of nitrogens with zero attached hydrogens (tertiary/aromatic N) is 2. The van der Waals surface area contributed by atoms with Crippen molar-refractivity contribution in [1.29, 1.82) is 0 Å². The van der Waals surface area contributed by atoms with Gasteiger partial charge in [-0.25, -0.2) is 4.98 Å². The molecule has 4 rings (SSSR count). The normalized spacial score (nSPS) is 13.0. The minimum Gasteiger partial charge on any atom is -0.340 e. The van der Waals surface area contributed by atoms with E-state index < -0.39 is 0 Å². The Bertz CT molecular complexity index is 1030. The first kappa shape index (κ1) is 17.9. The Balaban J connectivity index is 1.52. The van der Waals surface area contributed by atoms with Crippen LogP contribution < -0.4 is 10.2 Å². The van der Waals surface area contributed by atoms with Gasteiger partial charge in [-0.1, -0.05) is 30.3 Å². The molecule has 3 aromatic rings. The van der Waals surface area contributed by atoms with Gasteiger partial charge < -0.3 is 10.2 Å². The number of carbonyl (C=O) groups is 2. The van der Waals surface area contributed by atoms with Gasteiger partial charge in [0.05, 0.1) is 5.56 Å².